The molecule has 1 N–H and O–H groups in total. The molecule has 2 aromatic carbocycles. The second-order valence-corrected chi connectivity index (χ2v) is 8.95. The Morgan fingerprint density at radius 1 is 1.17 bits per heavy atom. The molecule has 0 saturated carbocycles. The van der Waals surface area contributed by atoms with Crippen LogP contribution in [0.15, 0.2) is 74.8 Å². The molecule has 3 aromatic rings. The second kappa shape index (κ2) is 7.25. The lowest BCUT2D eigenvalue weighted by atomic mass is 9.79. The number of nitriles is 1. The van der Waals surface area contributed by atoms with Crippen LogP contribution in [-0.2, 0) is 9.84 Å². The molecule has 0 spiro atoms. The van der Waals surface area contributed by atoms with E-state index in [9.17, 15) is 13.7 Å². The van der Waals surface area contributed by atoms with Crippen molar-refractivity contribution in [3.8, 4) is 6.07 Å². The molecule has 2 unspecified atom stereocenters. The van der Waals surface area contributed by atoms with Crippen molar-refractivity contribution in [1.82, 2.24) is 10.2 Å². The molecule has 2 heterocycles. The molecule has 7 nitrogen and oxygen atoms in total. The lowest BCUT2D eigenvalue weighted by molar-refractivity contribution is 0.593. The second-order valence-electron chi connectivity index (χ2n) is 7.07. The summed E-state index contributed by atoms with van der Waals surface area (Å²) in [5.41, 5.74) is 2.77. The quantitative estimate of drug-likeness (QED) is 0.646. The number of allylic oxidation sites excluding steroid dienone is 2. The van der Waals surface area contributed by atoms with Crippen molar-refractivity contribution in [2.75, 3.05) is 0 Å². The molecule has 4 rings (SSSR count). The van der Waals surface area contributed by atoms with Crippen LogP contribution in [-0.4, -0.2) is 24.3 Å². The third-order valence-electron chi connectivity index (χ3n) is 5.28. The standard InChI is InChI=1S/C22H17N5O2S/c1-13-18(12-23)20(21(24-3)14(2)25-13)15-9-10-19-17(11-15)22(27-26-19)30(28,29)16-7-5-4-6-8-16/h4-11,18,20H,1-2H3,(H,26,27). The first-order chi connectivity index (χ1) is 14.4. The normalized spacial score (nSPS) is 19.3. The van der Waals surface area contributed by atoms with Crippen LogP contribution in [0.5, 0.6) is 0 Å². The molecule has 1 aromatic heterocycles. The summed E-state index contributed by atoms with van der Waals surface area (Å²) in [5.74, 6) is -1.12. The Balaban J connectivity index is 1.92. The average Bonchev–Trinajstić information content (AvgIpc) is 3.18. The number of aromatic amines is 1. The van der Waals surface area contributed by atoms with E-state index in [-0.39, 0.29) is 9.92 Å². The van der Waals surface area contributed by atoms with Gasteiger partial charge in [0, 0.05) is 22.7 Å². The van der Waals surface area contributed by atoms with Gasteiger partial charge in [-0.3, -0.25) is 10.1 Å². The summed E-state index contributed by atoms with van der Waals surface area (Å²) in [6, 6.07) is 15.6. The maximum absolute atomic E-state index is 13.1. The van der Waals surface area contributed by atoms with Crippen molar-refractivity contribution in [2.45, 2.75) is 29.7 Å². The van der Waals surface area contributed by atoms with Gasteiger partial charge in [0.1, 0.15) is 0 Å². The SMILES string of the molecule is [C-]#[N+]C1=C(C)N=C(C)C(C#N)C1c1ccc2n[nH]c(S(=O)(=O)c3ccccc3)c2c1. The Labute approximate surface area is 174 Å². The summed E-state index contributed by atoms with van der Waals surface area (Å²) < 4.78 is 26.3. The molecule has 0 aliphatic carbocycles. The number of fused-ring (bicyclic) bond motifs is 1. The molecule has 1 aliphatic rings. The number of aliphatic imine (C=N–C) groups is 1. The molecule has 2 atom stereocenters. The number of hydrogen-bond donors (Lipinski definition) is 1. The highest BCUT2D eigenvalue weighted by atomic mass is 32.2. The molecule has 0 fully saturated rings. The number of nitrogens with zero attached hydrogens (tertiary/aromatic N) is 4. The van der Waals surface area contributed by atoms with Crippen LogP contribution < -0.4 is 0 Å². The smallest absolute Gasteiger partial charge is 0.223 e. The van der Waals surface area contributed by atoms with Crippen molar-refractivity contribution in [3.05, 3.63) is 76.9 Å². The Morgan fingerprint density at radius 3 is 2.57 bits per heavy atom. The summed E-state index contributed by atoms with van der Waals surface area (Å²) in [7, 11) is -3.81. The number of H-pyrrole nitrogens is 1. The maximum atomic E-state index is 13.1. The van der Waals surface area contributed by atoms with Gasteiger partial charge < -0.3 is 0 Å². The number of sulfone groups is 1. The molecular formula is C22H17N5O2S. The zero-order valence-electron chi connectivity index (χ0n) is 16.3. The van der Waals surface area contributed by atoms with Gasteiger partial charge in [0.05, 0.1) is 29.0 Å². The summed E-state index contributed by atoms with van der Waals surface area (Å²) in [6.45, 7) is 11.1. The fourth-order valence-corrected chi connectivity index (χ4v) is 5.17. The van der Waals surface area contributed by atoms with Gasteiger partial charge in [-0.1, -0.05) is 24.3 Å². The van der Waals surface area contributed by atoms with E-state index in [1.807, 2.05) is 0 Å². The minimum atomic E-state index is -3.81. The molecule has 148 valence electrons. The van der Waals surface area contributed by atoms with Crippen molar-refractivity contribution in [1.29, 1.82) is 5.26 Å². The number of nitrogens with one attached hydrogen (secondary N) is 1. The maximum Gasteiger partial charge on any atom is 0.223 e. The van der Waals surface area contributed by atoms with Gasteiger partial charge in [0.2, 0.25) is 9.84 Å². The largest absolute Gasteiger partial charge is 0.273 e. The lowest BCUT2D eigenvalue weighted by Gasteiger charge is -2.26. The van der Waals surface area contributed by atoms with E-state index in [1.54, 1.807) is 50.2 Å². The third-order valence-corrected chi connectivity index (χ3v) is 7.02. The first-order valence-electron chi connectivity index (χ1n) is 9.19. The summed E-state index contributed by atoms with van der Waals surface area (Å²) in [6.07, 6.45) is 0. The van der Waals surface area contributed by atoms with E-state index < -0.39 is 21.7 Å². The number of benzene rings is 2. The zero-order valence-corrected chi connectivity index (χ0v) is 17.1. The van der Waals surface area contributed by atoms with Crippen LogP contribution in [0, 0.1) is 23.8 Å². The number of hydrogen-bond acceptors (Lipinski definition) is 5. The molecule has 8 heteroatoms. The fraction of sp³-hybridized carbons (Fsp3) is 0.182. The Morgan fingerprint density at radius 2 is 1.90 bits per heavy atom. The highest BCUT2D eigenvalue weighted by molar-refractivity contribution is 7.91. The molecule has 0 saturated heterocycles. The van der Waals surface area contributed by atoms with E-state index >= 15 is 0 Å². The first-order valence-corrected chi connectivity index (χ1v) is 10.7. The van der Waals surface area contributed by atoms with Crippen LogP contribution in [0.3, 0.4) is 0 Å². The molecule has 0 amide bonds. The Kier molecular flexibility index (Phi) is 4.73. The monoisotopic (exact) mass is 415 g/mol. The summed E-state index contributed by atoms with van der Waals surface area (Å²) >= 11 is 0. The number of aromatic nitrogens is 2. The van der Waals surface area contributed by atoms with Gasteiger partial charge in [0.25, 0.3) is 0 Å². The van der Waals surface area contributed by atoms with Crippen LogP contribution in [0.1, 0.15) is 25.3 Å². The highest BCUT2D eigenvalue weighted by Crippen LogP contribution is 2.40. The van der Waals surface area contributed by atoms with Crippen LogP contribution in [0.2, 0.25) is 0 Å². The third kappa shape index (κ3) is 2.99. The molecule has 30 heavy (non-hydrogen) atoms. The van der Waals surface area contributed by atoms with Gasteiger partial charge in [-0.25, -0.2) is 13.3 Å². The van der Waals surface area contributed by atoms with E-state index in [2.05, 4.69) is 26.1 Å². The van der Waals surface area contributed by atoms with Gasteiger partial charge in [-0.05, 0) is 43.7 Å². The van der Waals surface area contributed by atoms with Gasteiger partial charge >= 0.3 is 0 Å². The zero-order chi connectivity index (χ0) is 21.5. The first kappa shape index (κ1) is 19.6. The minimum absolute atomic E-state index is 0.00896. The fourth-order valence-electron chi connectivity index (χ4n) is 3.80. The van der Waals surface area contributed by atoms with E-state index in [0.29, 0.717) is 33.6 Å². The molecule has 1 aliphatic heterocycles. The molecule has 0 bridgehead atoms. The molecular weight excluding hydrogens is 398 g/mol. The van der Waals surface area contributed by atoms with Crippen molar-refractivity contribution in [2.24, 2.45) is 10.9 Å². The van der Waals surface area contributed by atoms with Crippen molar-refractivity contribution < 1.29 is 8.42 Å². The Bertz CT molecular complexity index is 1400. The van der Waals surface area contributed by atoms with Gasteiger partial charge in [-0.15, -0.1) is 0 Å². The predicted molar refractivity (Wildman–Crippen MR) is 112 cm³/mol. The van der Waals surface area contributed by atoms with Crippen LogP contribution >= 0.6 is 0 Å². The topological polar surface area (TPSA) is 103 Å². The van der Waals surface area contributed by atoms with E-state index in [0.717, 1.165) is 0 Å². The summed E-state index contributed by atoms with van der Waals surface area (Å²) in [4.78, 5) is 8.15. The highest BCUT2D eigenvalue weighted by Gasteiger charge is 2.35. The summed E-state index contributed by atoms with van der Waals surface area (Å²) in [5, 5.41) is 16.9. The minimum Gasteiger partial charge on any atom is -0.273 e. The van der Waals surface area contributed by atoms with Gasteiger partial charge in [-0.2, -0.15) is 10.4 Å². The predicted octanol–water partition coefficient (Wildman–Crippen LogP) is 4.24. The average molecular weight is 415 g/mol. The lowest BCUT2D eigenvalue weighted by Crippen LogP contribution is -2.24. The van der Waals surface area contributed by atoms with Crippen molar-refractivity contribution >= 4 is 26.5 Å². The molecule has 0 radical (unpaired) electrons. The van der Waals surface area contributed by atoms with Crippen LogP contribution in [0.4, 0.5) is 0 Å². The number of rotatable bonds is 3. The van der Waals surface area contributed by atoms with Crippen LogP contribution in [0.25, 0.3) is 15.7 Å². The van der Waals surface area contributed by atoms with Crippen molar-refractivity contribution in [3.63, 3.8) is 0 Å². The van der Waals surface area contributed by atoms with E-state index in [1.165, 1.54) is 12.1 Å². The van der Waals surface area contributed by atoms with E-state index in [4.69, 9.17) is 6.57 Å². The van der Waals surface area contributed by atoms with Gasteiger partial charge in [0.15, 0.2) is 10.7 Å². The Hall–Kier alpha value is -3.75.